The normalized spacial score (nSPS) is 21.9. The molecule has 0 aromatic carbocycles. The Labute approximate surface area is 161 Å². The molecule has 2 N–H and O–H groups in total. The van der Waals surface area contributed by atoms with E-state index in [1.807, 2.05) is 4.90 Å². The van der Waals surface area contributed by atoms with Gasteiger partial charge in [-0.15, -0.1) is 0 Å². The minimum atomic E-state index is -0.0945. The molecular weight excluding hydrogens is 344 g/mol. The van der Waals surface area contributed by atoms with Crippen LogP contribution in [0.15, 0.2) is 12.4 Å². The van der Waals surface area contributed by atoms with Crippen LogP contribution < -0.4 is 10.6 Å². The summed E-state index contributed by atoms with van der Waals surface area (Å²) in [6.45, 7) is 6.44. The maximum atomic E-state index is 12.5. The minimum absolute atomic E-state index is 0.0219. The number of urea groups is 1. The molecule has 8 nitrogen and oxygen atoms in total. The van der Waals surface area contributed by atoms with Crippen molar-refractivity contribution in [2.75, 3.05) is 32.7 Å². The smallest absolute Gasteiger partial charge is 0.317 e. The van der Waals surface area contributed by atoms with E-state index in [0.717, 1.165) is 38.9 Å². The summed E-state index contributed by atoms with van der Waals surface area (Å²) in [5.74, 6) is -0.0945. The Morgan fingerprint density at radius 1 is 1.19 bits per heavy atom. The van der Waals surface area contributed by atoms with Crippen LogP contribution in [0.5, 0.6) is 0 Å². The molecule has 0 radical (unpaired) electrons. The topological polar surface area (TPSA) is 82.5 Å². The number of hydrogen-bond donors (Lipinski definition) is 2. The zero-order valence-electron chi connectivity index (χ0n) is 16.5. The predicted molar refractivity (Wildman–Crippen MR) is 104 cm³/mol. The van der Waals surface area contributed by atoms with Crippen LogP contribution in [0.25, 0.3) is 0 Å². The number of nitrogens with one attached hydrogen (secondary N) is 2. The molecule has 2 saturated heterocycles. The number of likely N-dealkylation sites (N-methyl/N-ethyl adjacent to an activating group) is 1. The lowest BCUT2D eigenvalue weighted by molar-refractivity contribution is 0.0917. The molecule has 1 atom stereocenters. The zero-order chi connectivity index (χ0) is 19.2. The molecule has 1 aromatic rings. The van der Waals surface area contributed by atoms with Crippen LogP contribution in [0.3, 0.4) is 0 Å². The number of piperidine rings is 2. The van der Waals surface area contributed by atoms with Crippen molar-refractivity contribution in [2.45, 2.75) is 51.1 Å². The molecule has 150 valence electrons. The first-order valence-electron chi connectivity index (χ1n) is 10.1. The number of amides is 3. The van der Waals surface area contributed by atoms with Crippen molar-refractivity contribution in [2.24, 2.45) is 7.05 Å². The van der Waals surface area contributed by atoms with Crippen molar-refractivity contribution in [1.82, 2.24) is 30.2 Å². The lowest BCUT2D eigenvalue weighted by Gasteiger charge is -2.36. The average molecular weight is 377 g/mol. The number of nitrogens with zero attached hydrogens (tertiary/aromatic N) is 4. The molecule has 2 aliphatic rings. The fourth-order valence-corrected chi connectivity index (χ4v) is 4.06. The van der Waals surface area contributed by atoms with E-state index in [1.54, 1.807) is 24.1 Å². The van der Waals surface area contributed by atoms with E-state index in [9.17, 15) is 9.59 Å². The third-order valence-electron chi connectivity index (χ3n) is 5.73. The zero-order valence-corrected chi connectivity index (χ0v) is 16.5. The van der Waals surface area contributed by atoms with Crippen molar-refractivity contribution in [1.29, 1.82) is 0 Å². The van der Waals surface area contributed by atoms with E-state index < -0.39 is 0 Å². The van der Waals surface area contributed by atoms with Gasteiger partial charge in [-0.1, -0.05) is 13.3 Å². The Morgan fingerprint density at radius 2 is 1.96 bits per heavy atom. The number of carbonyl (C=O) groups excluding carboxylic acids is 2. The highest BCUT2D eigenvalue weighted by molar-refractivity contribution is 5.93. The maximum Gasteiger partial charge on any atom is 0.317 e. The molecular formula is C19H32N6O2. The summed E-state index contributed by atoms with van der Waals surface area (Å²) >= 11 is 0. The quantitative estimate of drug-likeness (QED) is 0.809. The Bertz CT molecular complexity index is 638. The Morgan fingerprint density at radius 3 is 2.63 bits per heavy atom. The van der Waals surface area contributed by atoms with Crippen molar-refractivity contribution in [3.63, 3.8) is 0 Å². The Hall–Kier alpha value is -2.09. The van der Waals surface area contributed by atoms with Crippen LogP contribution >= 0.6 is 0 Å². The lowest BCUT2D eigenvalue weighted by atomic mass is 10.0. The summed E-state index contributed by atoms with van der Waals surface area (Å²) in [6, 6.07) is 0.591. The van der Waals surface area contributed by atoms with Crippen molar-refractivity contribution in [3.05, 3.63) is 18.0 Å². The highest BCUT2D eigenvalue weighted by Gasteiger charge is 2.26. The summed E-state index contributed by atoms with van der Waals surface area (Å²) < 4.78 is 1.62. The molecule has 2 aliphatic heterocycles. The van der Waals surface area contributed by atoms with E-state index in [1.165, 1.54) is 12.8 Å². The highest BCUT2D eigenvalue weighted by atomic mass is 16.2. The first-order chi connectivity index (χ1) is 13.1. The van der Waals surface area contributed by atoms with Crippen molar-refractivity contribution >= 4 is 11.9 Å². The van der Waals surface area contributed by atoms with Crippen LogP contribution in [0.4, 0.5) is 4.79 Å². The van der Waals surface area contributed by atoms with Crippen LogP contribution in [-0.2, 0) is 7.05 Å². The van der Waals surface area contributed by atoms with Crippen LogP contribution in [0.2, 0.25) is 0 Å². The second kappa shape index (κ2) is 9.21. The molecule has 8 heteroatoms. The number of aryl methyl sites for hydroxylation is 1. The van der Waals surface area contributed by atoms with Gasteiger partial charge in [-0.3, -0.25) is 14.4 Å². The largest absolute Gasteiger partial charge is 0.349 e. The van der Waals surface area contributed by atoms with Gasteiger partial charge in [-0.05, 0) is 38.8 Å². The molecule has 0 aliphatic carbocycles. The van der Waals surface area contributed by atoms with Gasteiger partial charge in [0.1, 0.15) is 0 Å². The molecule has 0 saturated carbocycles. The van der Waals surface area contributed by atoms with E-state index in [-0.39, 0.29) is 18.0 Å². The molecule has 0 spiro atoms. The predicted octanol–water partition coefficient (Wildman–Crippen LogP) is 1.20. The van der Waals surface area contributed by atoms with Gasteiger partial charge in [0.25, 0.3) is 5.91 Å². The molecule has 0 bridgehead atoms. The lowest BCUT2D eigenvalue weighted by Crippen LogP contribution is -2.52. The molecule has 3 heterocycles. The Balaban J connectivity index is 1.39. The van der Waals surface area contributed by atoms with Gasteiger partial charge in [0.15, 0.2) is 0 Å². The monoisotopic (exact) mass is 376 g/mol. The first-order valence-corrected chi connectivity index (χ1v) is 10.1. The molecule has 3 rings (SSSR count). The molecule has 27 heavy (non-hydrogen) atoms. The van der Waals surface area contributed by atoms with Crippen LogP contribution in [-0.4, -0.2) is 76.3 Å². The molecule has 3 amide bonds. The third kappa shape index (κ3) is 5.22. The highest BCUT2D eigenvalue weighted by Crippen LogP contribution is 2.16. The van der Waals surface area contributed by atoms with Gasteiger partial charge < -0.3 is 15.5 Å². The molecule has 2 fully saturated rings. The molecule has 1 aromatic heterocycles. The summed E-state index contributed by atoms with van der Waals surface area (Å²) in [5.41, 5.74) is 0.575. The SMILES string of the molecule is CCN1CCCC[C@H]1CNC(=O)N1CCC(NC(=O)c2cnn(C)c2)CC1. The van der Waals surface area contributed by atoms with Gasteiger partial charge in [0.05, 0.1) is 11.8 Å². The van der Waals surface area contributed by atoms with Gasteiger partial charge in [-0.25, -0.2) is 4.79 Å². The van der Waals surface area contributed by atoms with Crippen LogP contribution in [0, 0.1) is 0 Å². The summed E-state index contributed by atoms with van der Waals surface area (Å²) in [6.07, 6.45) is 8.52. The van der Waals surface area contributed by atoms with Gasteiger partial charge in [-0.2, -0.15) is 5.10 Å². The number of aromatic nitrogens is 2. The number of likely N-dealkylation sites (tertiary alicyclic amines) is 2. The summed E-state index contributed by atoms with van der Waals surface area (Å²) in [4.78, 5) is 29.0. The maximum absolute atomic E-state index is 12.5. The average Bonchev–Trinajstić information content (AvgIpc) is 3.13. The van der Waals surface area contributed by atoms with E-state index in [0.29, 0.717) is 24.7 Å². The standard InChI is InChI=1S/C19H32N6O2/c1-3-24-9-5-4-6-17(24)13-20-19(27)25-10-7-16(8-11-25)22-18(26)15-12-21-23(2)14-15/h12,14,16-17H,3-11,13H2,1-2H3,(H,20,27)(H,22,26)/t17-/m0/s1. The third-order valence-corrected chi connectivity index (χ3v) is 5.73. The van der Waals surface area contributed by atoms with Crippen molar-refractivity contribution in [3.8, 4) is 0 Å². The van der Waals surface area contributed by atoms with E-state index in [4.69, 9.17) is 0 Å². The molecule has 0 unspecified atom stereocenters. The number of rotatable bonds is 5. The second-order valence-corrected chi connectivity index (χ2v) is 7.60. The summed E-state index contributed by atoms with van der Waals surface area (Å²) in [7, 11) is 1.79. The van der Waals surface area contributed by atoms with E-state index in [2.05, 4.69) is 27.6 Å². The second-order valence-electron chi connectivity index (χ2n) is 7.60. The summed E-state index contributed by atoms with van der Waals surface area (Å²) in [5, 5.41) is 10.2. The minimum Gasteiger partial charge on any atom is -0.349 e. The number of carbonyl (C=O) groups is 2. The van der Waals surface area contributed by atoms with Gasteiger partial charge >= 0.3 is 6.03 Å². The van der Waals surface area contributed by atoms with Crippen LogP contribution in [0.1, 0.15) is 49.4 Å². The van der Waals surface area contributed by atoms with Gasteiger partial charge in [0, 0.05) is 45.0 Å². The number of hydrogen-bond acceptors (Lipinski definition) is 4. The van der Waals surface area contributed by atoms with Gasteiger partial charge in [0.2, 0.25) is 0 Å². The van der Waals surface area contributed by atoms with E-state index >= 15 is 0 Å². The van der Waals surface area contributed by atoms with Crippen molar-refractivity contribution < 1.29 is 9.59 Å². The Kier molecular flexibility index (Phi) is 6.71. The first kappa shape index (κ1) is 19.7. The fourth-order valence-electron chi connectivity index (χ4n) is 4.06. The fraction of sp³-hybridized carbons (Fsp3) is 0.737.